The van der Waals surface area contributed by atoms with Crippen LogP contribution < -0.4 is 0 Å². The summed E-state index contributed by atoms with van der Waals surface area (Å²) >= 11 is 0. The molecule has 0 amide bonds. The van der Waals surface area contributed by atoms with E-state index in [4.69, 9.17) is 37.0 Å². The molecule has 3 N–H and O–H groups in total. The number of phosphoric acid groups is 2. The first-order chi connectivity index (χ1) is 40.1. The number of aliphatic hydroxyl groups excluding tert-OH is 1. The molecule has 0 spiro atoms. The molecule has 6 atom stereocenters. The molecule has 0 heterocycles. The molecule has 0 aliphatic rings. The van der Waals surface area contributed by atoms with Gasteiger partial charge < -0.3 is 33.8 Å². The van der Waals surface area contributed by atoms with Crippen LogP contribution in [0.25, 0.3) is 0 Å². The van der Waals surface area contributed by atoms with E-state index in [0.29, 0.717) is 31.6 Å². The standard InChI is InChI=1S/C65H126O17P2/c1-9-58(8)44-36-28-20-12-15-23-31-39-47-64(69)81-60(51-75-62(67)45-37-29-21-13-10-17-25-33-41-55(2)3)53-79-83(71,72)77-49-59(66)50-78-84(73,74)80-54-61(82-65(70)48-40-32-24-16-19-27-35-43-57(6)7)52-76-63(68)46-38-30-22-14-11-18-26-34-42-56(4)5/h55-61,66H,9-54H2,1-8H3,(H,71,72)(H,73,74)/t58?,59?,60-,61-/m1/s1. The Balaban J connectivity index is 5.26. The zero-order chi connectivity index (χ0) is 62.5. The number of carbonyl (C=O) groups excluding carboxylic acids is 4. The lowest BCUT2D eigenvalue weighted by Gasteiger charge is -2.21. The van der Waals surface area contributed by atoms with Gasteiger partial charge in [-0.3, -0.25) is 37.3 Å². The van der Waals surface area contributed by atoms with E-state index >= 15 is 0 Å². The fourth-order valence-electron chi connectivity index (χ4n) is 9.57. The van der Waals surface area contributed by atoms with Crippen LogP contribution in [0.4, 0.5) is 0 Å². The van der Waals surface area contributed by atoms with Crippen LogP contribution in [0.3, 0.4) is 0 Å². The number of aliphatic hydroxyl groups is 1. The van der Waals surface area contributed by atoms with E-state index in [-0.39, 0.29) is 25.7 Å². The van der Waals surface area contributed by atoms with E-state index in [1.165, 1.54) is 116 Å². The van der Waals surface area contributed by atoms with Crippen LogP contribution in [0.5, 0.6) is 0 Å². The summed E-state index contributed by atoms with van der Waals surface area (Å²) in [4.78, 5) is 72.3. The van der Waals surface area contributed by atoms with Crippen molar-refractivity contribution in [3.8, 4) is 0 Å². The largest absolute Gasteiger partial charge is 0.472 e. The molecule has 0 saturated heterocycles. The monoisotopic (exact) mass is 1240 g/mol. The Morgan fingerprint density at radius 3 is 0.845 bits per heavy atom. The van der Waals surface area contributed by atoms with Crippen LogP contribution >= 0.6 is 15.6 Å². The first-order valence-electron chi connectivity index (χ1n) is 33.7. The van der Waals surface area contributed by atoms with E-state index in [2.05, 4.69) is 55.4 Å². The van der Waals surface area contributed by atoms with Crippen molar-refractivity contribution in [1.29, 1.82) is 0 Å². The fraction of sp³-hybridized carbons (Fsp3) is 0.938. The Kier molecular flexibility index (Phi) is 53.9. The number of esters is 4. The van der Waals surface area contributed by atoms with Crippen LogP contribution in [0.1, 0.15) is 312 Å². The molecule has 0 aromatic heterocycles. The van der Waals surface area contributed by atoms with E-state index in [1.807, 2.05) is 0 Å². The Bertz CT molecular complexity index is 1680. The summed E-state index contributed by atoms with van der Waals surface area (Å²) in [5.41, 5.74) is 0. The van der Waals surface area contributed by atoms with Gasteiger partial charge in [-0.25, -0.2) is 9.13 Å². The Morgan fingerprint density at radius 1 is 0.333 bits per heavy atom. The Hall–Kier alpha value is -1.94. The maximum absolute atomic E-state index is 13.0. The molecule has 0 aliphatic carbocycles. The summed E-state index contributed by atoms with van der Waals surface area (Å²) in [5.74, 6) is 0.777. The SMILES string of the molecule is CCC(C)CCCCCCCCCCC(=O)O[C@H](COC(=O)CCCCCCCCCCC(C)C)COP(=O)(O)OCC(O)COP(=O)(O)OC[C@@H](COC(=O)CCCCCCCCCCC(C)C)OC(=O)CCCCCCCCCC(C)C. The highest BCUT2D eigenvalue weighted by Crippen LogP contribution is 2.45. The average Bonchev–Trinajstić information content (AvgIpc) is 3.49. The van der Waals surface area contributed by atoms with Gasteiger partial charge in [0.15, 0.2) is 12.2 Å². The number of phosphoric ester groups is 2. The van der Waals surface area contributed by atoms with Crippen LogP contribution in [0.15, 0.2) is 0 Å². The molecule has 0 rings (SSSR count). The highest BCUT2D eigenvalue weighted by atomic mass is 31.2. The first kappa shape index (κ1) is 82.1. The van der Waals surface area contributed by atoms with E-state index in [1.54, 1.807) is 0 Å². The van der Waals surface area contributed by atoms with Gasteiger partial charge in [0.2, 0.25) is 0 Å². The maximum Gasteiger partial charge on any atom is 0.472 e. The molecule has 0 aromatic carbocycles. The van der Waals surface area contributed by atoms with Crippen molar-refractivity contribution in [2.45, 2.75) is 331 Å². The third kappa shape index (κ3) is 57.8. The Morgan fingerprint density at radius 2 is 0.571 bits per heavy atom. The van der Waals surface area contributed by atoms with Gasteiger partial charge in [-0.1, -0.05) is 261 Å². The Labute approximate surface area is 511 Å². The van der Waals surface area contributed by atoms with Crippen LogP contribution in [-0.4, -0.2) is 96.7 Å². The molecule has 4 unspecified atom stereocenters. The van der Waals surface area contributed by atoms with Crippen molar-refractivity contribution in [1.82, 2.24) is 0 Å². The van der Waals surface area contributed by atoms with Crippen LogP contribution in [0, 0.1) is 23.7 Å². The third-order valence-corrected chi connectivity index (χ3v) is 17.1. The summed E-state index contributed by atoms with van der Waals surface area (Å²) in [7, 11) is -9.89. The van der Waals surface area contributed by atoms with Gasteiger partial charge in [0.1, 0.15) is 19.3 Å². The van der Waals surface area contributed by atoms with Crippen LogP contribution in [-0.2, 0) is 65.4 Å². The second-order valence-corrected chi connectivity index (χ2v) is 28.1. The predicted octanol–water partition coefficient (Wildman–Crippen LogP) is 17.8. The van der Waals surface area contributed by atoms with Gasteiger partial charge in [0, 0.05) is 25.7 Å². The number of rotatable bonds is 62. The molecule has 0 aliphatic heterocycles. The van der Waals surface area contributed by atoms with Gasteiger partial charge in [-0.2, -0.15) is 0 Å². The second kappa shape index (κ2) is 55.2. The van der Waals surface area contributed by atoms with Crippen molar-refractivity contribution < 1.29 is 80.2 Å². The minimum absolute atomic E-state index is 0.102. The molecular formula is C65H126O17P2. The van der Waals surface area contributed by atoms with Gasteiger partial charge >= 0.3 is 39.5 Å². The third-order valence-electron chi connectivity index (χ3n) is 15.2. The number of hydrogen-bond acceptors (Lipinski definition) is 15. The van der Waals surface area contributed by atoms with Crippen LogP contribution in [0.2, 0.25) is 0 Å². The molecule has 0 saturated carbocycles. The number of carbonyl (C=O) groups is 4. The summed E-state index contributed by atoms with van der Waals surface area (Å²) in [6, 6.07) is 0. The highest BCUT2D eigenvalue weighted by Gasteiger charge is 2.30. The van der Waals surface area contributed by atoms with Gasteiger partial charge in [-0.05, 0) is 49.4 Å². The number of unbranched alkanes of at least 4 members (excludes halogenated alkanes) is 27. The number of hydrogen-bond donors (Lipinski definition) is 3. The van der Waals surface area contributed by atoms with E-state index < -0.39 is 97.5 Å². The zero-order valence-corrected chi connectivity index (χ0v) is 56.3. The molecular weight excluding hydrogens is 1110 g/mol. The van der Waals surface area contributed by atoms with E-state index in [0.717, 1.165) is 108 Å². The van der Waals surface area contributed by atoms with Gasteiger partial charge in [-0.15, -0.1) is 0 Å². The van der Waals surface area contributed by atoms with Crippen molar-refractivity contribution in [3.05, 3.63) is 0 Å². The highest BCUT2D eigenvalue weighted by molar-refractivity contribution is 7.47. The molecule has 0 fully saturated rings. The second-order valence-electron chi connectivity index (χ2n) is 25.2. The van der Waals surface area contributed by atoms with Crippen molar-refractivity contribution in [2.75, 3.05) is 39.6 Å². The molecule has 0 radical (unpaired) electrons. The molecule has 19 heteroatoms. The lowest BCUT2D eigenvalue weighted by Crippen LogP contribution is -2.30. The maximum atomic E-state index is 13.0. The van der Waals surface area contributed by atoms with Gasteiger partial charge in [0.05, 0.1) is 26.4 Å². The average molecular weight is 1240 g/mol. The van der Waals surface area contributed by atoms with E-state index in [9.17, 15) is 43.2 Å². The normalized spacial score (nSPS) is 14.7. The molecule has 0 aromatic rings. The topological polar surface area (TPSA) is 237 Å². The lowest BCUT2D eigenvalue weighted by molar-refractivity contribution is -0.161. The van der Waals surface area contributed by atoms with Crippen molar-refractivity contribution >= 4 is 39.5 Å². The zero-order valence-electron chi connectivity index (χ0n) is 54.5. The fourth-order valence-corrected chi connectivity index (χ4v) is 11.2. The molecule has 0 bridgehead atoms. The minimum Gasteiger partial charge on any atom is -0.462 e. The smallest absolute Gasteiger partial charge is 0.462 e. The summed E-state index contributed by atoms with van der Waals surface area (Å²) < 4.78 is 68.0. The minimum atomic E-state index is -4.95. The predicted molar refractivity (Wildman–Crippen MR) is 335 cm³/mol. The molecule has 84 heavy (non-hydrogen) atoms. The quantitative estimate of drug-likeness (QED) is 0.0222. The number of ether oxygens (including phenoxy) is 4. The van der Waals surface area contributed by atoms with Crippen molar-refractivity contribution in [3.63, 3.8) is 0 Å². The van der Waals surface area contributed by atoms with Crippen molar-refractivity contribution in [2.24, 2.45) is 23.7 Å². The summed E-state index contributed by atoms with van der Waals surface area (Å²) in [6.45, 7) is 14.0. The summed E-state index contributed by atoms with van der Waals surface area (Å²) in [6.07, 6.45) is 34.9. The molecule has 17 nitrogen and oxygen atoms in total. The summed E-state index contributed by atoms with van der Waals surface area (Å²) in [5, 5.41) is 10.5. The van der Waals surface area contributed by atoms with Gasteiger partial charge in [0.25, 0.3) is 0 Å². The first-order valence-corrected chi connectivity index (χ1v) is 36.7. The molecule has 498 valence electrons. The lowest BCUT2D eigenvalue weighted by atomic mass is 9.99.